The maximum atomic E-state index is 5.90. The van der Waals surface area contributed by atoms with Crippen LogP contribution in [0.2, 0.25) is 0 Å². The Morgan fingerprint density at radius 2 is 2.00 bits per heavy atom. The molecule has 2 aromatic rings. The first-order chi connectivity index (χ1) is 7.99. The lowest BCUT2D eigenvalue weighted by Crippen LogP contribution is -2.03. The van der Waals surface area contributed by atoms with E-state index in [9.17, 15) is 0 Å². The van der Waals surface area contributed by atoms with Crippen LogP contribution >= 0.6 is 43.2 Å². The van der Waals surface area contributed by atoms with Crippen LogP contribution in [-0.2, 0) is 0 Å². The van der Waals surface area contributed by atoms with Gasteiger partial charge in [-0.1, -0.05) is 13.8 Å². The summed E-state index contributed by atoms with van der Waals surface area (Å²) < 4.78 is 1.86. The van der Waals surface area contributed by atoms with Crippen molar-refractivity contribution in [3.05, 3.63) is 25.4 Å². The number of hydrogen-bond donors (Lipinski definition) is 1. The Morgan fingerprint density at radius 1 is 1.29 bits per heavy atom. The molecule has 2 rings (SSSR count). The third-order valence-electron chi connectivity index (χ3n) is 2.28. The van der Waals surface area contributed by atoms with Gasteiger partial charge in [0, 0.05) is 10.9 Å². The number of rotatable bonds is 2. The summed E-state index contributed by atoms with van der Waals surface area (Å²) in [7, 11) is 0. The molecule has 0 spiro atoms. The van der Waals surface area contributed by atoms with Gasteiger partial charge in [-0.15, -0.1) is 11.3 Å². The van der Waals surface area contributed by atoms with Crippen molar-refractivity contribution in [2.24, 2.45) is 0 Å². The van der Waals surface area contributed by atoms with Crippen LogP contribution in [-0.4, -0.2) is 9.97 Å². The minimum absolute atomic E-state index is 0.301. The van der Waals surface area contributed by atoms with Gasteiger partial charge < -0.3 is 5.73 Å². The van der Waals surface area contributed by atoms with Gasteiger partial charge in [-0.3, -0.25) is 0 Å². The van der Waals surface area contributed by atoms with Crippen LogP contribution in [0, 0.1) is 0 Å². The number of nitrogens with two attached hydrogens (primary N) is 1. The van der Waals surface area contributed by atoms with E-state index in [2.05, 4.69) is 55.7 Å². The van der Waals surface area contributed by atoms with E-state index in [4.69, 9.17) is 5.73 Å². The predicted molar refractivity (Wildman–Crippen MR) is 79.2 cm³/mol. The summed E-state index contributed by atoms with van der Waals surface area (Å²) in [6.45, 7) is 4.17. The summed E-state index contributed by atoms with van der Waals surface area (Å²) in [6.07, 6.45) is 0. The van der Waals surface area contributed by atoms with Gasteiger partial charge >= 0.3 is 0 Å². The molecule has 17 heavy (non-hydrogen) atoms. The van der Waals surface area contributed by atoms with Gasteiger partial charge in [0.05, 0.1) is 14.0 Å². The maximum absolute atomic E-state index is 5.90. The Kier molecular flexibility index (Phi) is 3.85. The Bertz CT molecular complexity index is 552. The average Bonchev–Trinajstić information content (AvgIpc) is 2.68. The van der Waals surface area contributed by atoms with Gasteiger partial charge in [0.1, 0.15) is 5.82 Å². The monoisotopic (exact) mass is 375 g/mol. The molecule has 0 aliphatic rings. The molecule has 90 valence electrons. The normalized spacial score (nSPS) is 11.1. The van der Waals surface area contributed by atoms with Crippen molar-refractivity contribution in [2.45, 2.75) is 19.8 Å². The fourth-order valence-corrected chi connectivity index (χ4v) is 3.19. The molecule has 0 unspecified atom stereocenters. The molecule has 0 saturated heterocycles. The first-order valence-corrected chi connectivity index (χ1v) is 7.53. The van der Waals surface area contributed by atoms with E-state index < -0.39 is 0 Å². The fourth-order valence-electron chi connectivity index (χ4n) is 1.42. The molecular weight excluding hydrogens is 366 g/mol. The fraction of sp³-hybridized carbons (Fsp3) is 0.273. The van der Waals surface area contributed by atoms with Crippen LogP contribution in [0.4, 0.5) is 5.82 Å². The topological polar surface area (TPSA) is 51.8 Å². The number of nitrogen functional groups attached to an aromatic ring is 1. The molecule has 0 radical (unpaired) electrons. The first kappa shape index (κ1) is 13.0. The number of nitrogens with zero attached hydrogens (tertiary/aromatic N) is 2. The van der Waals surface area contributed by atoms with Crippen molar-refractivity contribution in [2.75, 3.05) is 5.73 Å². The number of anilines is 1. The lowest BCUT2D eigenvalue weighted by Gasteiger charge is -2.10. The zero-order valence-corrected chi connectivity index (χ0v) is 13.4. The van der Waals surface area contributed by atoms with Crippen LogP contribution in [0.1, 0.15) is 25.5 Å². The van der Waals surface area contributed by atoms with Crippen molar-refractivity contribution in [3.63, 3.8) is 0 Å². The zero-order valence-electron chi connectivity index (χ0n) is 9.37. The average molecular weight is 377 g/mol. The minimum Gasteiger partial charge on any atom is -0.383 e. The van der Waals surface area contributed by atoms with Crippen molar-refractivity contribution in [1.29, 1.82) is 0 Å². The third kappa shape index (κ3) is 2.69. The summed E-state index contributed by atoms with van der Waals surface area (Å²) >= 11 is 8.48. The largest absolute Gasteiger partial charge is 0.383 e. The van der Waals surface area contributed by atoms with Crippen LogP contribution in [0.15, 0.2) is 19.7 Å². The van der Waals surface area contributed by atoms with E-state index in [1.807, 2.05) is 11.4 Å². The molecule has 0 fully saturated rings. The molecule has 0 amide bonds. The highest BCUT2D eigenvalue weighted by molar-refractivity contribution is 9.11. The molecule has 0 aliphatic carbocycles. The van der Waals surface area contributed by atoms with Crippen LogP contribution in [0.5, 0.6) is 0 Å². The standard InChI is InChI=1S/C11H11Br2N3S/c1-5(2)9-8(13)10(14)16-11(15-9)6-3-7(12)17-4-6/h3-5H,1-2H3,(H2,14,15,16). The summed E-state index contributed by atoms with van der Waals surface area (Å²) in [5, 5.41) is 2.01. The second-order valence-corrected chi connectivity index (χ2v) is 7.01. The highest BCUT2D eigenvalue weighted by atomic mass is 79.9. The molecule has 3 nitrogen and oxygen atoms in total. The third-order valence-corrected chi connectivity index (χ3v) is 4.59. The zero-order chi connectivity index (χ0) is 12.6. The van der Waals surface area contributed by atoms with E-state index in [-0.39, 0.29) is 0 Å². The van der Waals surface area contributed by atoms with Crippen molar-refractivity contribution in [1.82, 2.24) is 9.97 Å². The van der Waals surface area contributed by atoms with Gasteiger partial charge in [0.2, 0.25) is 0 Å². The smallest absolute Gasteiger partial charge is 0.162 e. The SMILES string of the molecule is CC(C)c1nc(-c2csc(Br)c2)nc(N)c1Br. The summed E-state index contributed by atoms with van der Waals surface area (Å²) in [6, 6.07) is 2.00. The van der Waals surface area contributed by atoms with Gasteiger partial charge in [-0.2, -0.15) is 0 Å². The van der Waals surface area contributed by atoms with Crippen LogP contribution < -0.4 is 5.73 Å². The molecule has 0 aliphatic heterocycles. The number of halogens is 2. The lowest BCUT2D eigenvalue weighted by atomic mass is 10.1. The predicted octanol–water partition coefficient (Wildman–Crippen LogP) is 4.44. The number of thiophene rings is 1. The number of aromatic nitrogens is 2. The van der Waals surface area contributed by atoms with E-state index in [1.165, 1.54) is 0 Å². The second-order valence-electron chi connectivity index (χ2n) is 3.93. The van der Waals surface area contributed by atoms with Gasteiger partial charge in [-0.05, 0) is 43.8 Å². The minimum atomic E-state index is 0.301. The molecule has 0 aromatic carbocycles. The first-order valence-electron chi connectivity index (χ1n) is 5.06. The maximum Gasteiger partial charge on any atom is 0.162 e. The number of hydrogen-bond acceptors (Lipinski definition) is 4. The van der Waals surface area contributed by atoms with E-state index >= 15 is 0 Å². The Hall–Kier alpha value is -0.460. The molecule has 0 saturated carbocycles. The van der Waals surface area contributed by atoms with Gasteiger partial charge in [0.25, 0.3) is 0 Å². The molecule has 0 atom stereocenters. The van der Waals surface area contributed by atoms with E-state index in [1.54, 1.807) is 11.3 Å². The second kappa shape index (κ2) is 5.04. The molecule has 2 heterocycles. The van der Waals surface area contributed by atoms with E-state index in [0.29, 0.717) is 17.6 Å². The highest BCUT2D eigenvalue weighted by Crippen LogP contribution is 2.32. The van der Waals surface area contributed by atoms with Gasteiger partial charge in [0.15, 0.2) is 5.82 Å². The Morgan fingerprint density at radius 3 is 2.53 bits per heavy atom. The lowest BCUT2D eigenvalue weighted by molar-refractivity contribution is 0.811. The highest BCUT2D eigenvalue weighted by Gasteiger charge is 2.14. The molecular formula is C11H11Br2N3S. The summed E-state index contributed by atoms with van der Waals surface area (Å²) in [4.78, 5) is 8.87. The van der Waals surface area contributed by atoms with E-state index in [0.717, 1.165) is 19.5 Å². The molecule has 0 bridgehead atoms. The molecule has 2 aromatic heterocycles. The quantitative estimate of drug-likeness (QED) is 0.842. The summed E-state index contributed by atoms with van der Waals surface area (Å²) in [5.74, 6) is 1.47. The molecule has 6 heteroatoms. The van der Waals surface area contributed by atoms with Crippen LogP contribution in [0.3, 0.4) is 0 Å². The van der Waals surface area contributed by atoms with Crippen molar-refractivity contribution >= 4 is 49.0 Å². The van der Waals surface area contributed by atoms with Crippen LogP contribution in [0.25, 0.3) is 11.4 Å². The van der Waals surface area contributed by atoms with Gasteiger partial charge in [-0.25, -0.2) is 9.97 Å². The van der Waals surface area contributed by atoms with Crippen molar-refractivity contribution in [3.8, 4) is 11.4 Å². The Labute approximate surface area is 121 Å². The summed E-state index contributed by atoms with van der Waals surface area (Å²) in [5.41, 5.74) is 7.83. The Balaban J connectivity index is 2.56. The van der Waals surface area contributed by atoms with Crippen molar-refractivity contribution < 1.29 is 0 Å². The molecule has 2 N–H and O–H groups in total.